The van der Waals surface area contributed by atoms with Gasteiger partial charge in [-0.05, 0) is 19.2 Å². The predicted octanol–water partition coefficient (Wildman–Crippen LogP) is 1.41. The first-order valence-electron chi connectivity index (χ1n) is 5.11. The van der Waals surface area contributed by atoms with Gasteiger partial charge in [-0.25, -0.2) is 4.98 Å². The fourth-order valence-electron chi connectivity index (χ4n) is 1.65. The van der Waals surface area contributed by atoms with Gasteiger partial charge in [0.25, 0.3) is 0 Å². The zero-order chi connectivity index (χ0) is 11.5. The second-order valence-corrected chi connectivity index (χ2v) is 4.22. The molecule has 0 radical (unpaired) electrons. The molecule has 0 saturated carbocycles. The maximum atomic E-state index is 8.84. The van der Waals surface area contributed by atoms with Gasteiger partial charge in [-0.3, -0.25) is 4.90 Å². The summed E-state index contributed by atoms with van der Waals surface area (Å²) in [4.78, 5) is 6.32. The van der Waals surface area contributed by atoms with E-state index in [1.807, 2.05) is 40.9 Å². The van der Waals surface area contributed by atoms with Crippen molar-refractivity contribution in [3.05, 3.63) is 35.2 Å². The maximum Gasteiger partial charge on any atom is 0.137 e. The normalized spacial score (nSPS) is 11.5. The molecule has 2 aromatic rings. The quantitative estimate of drug-likeness (QED) is 0.877. The van der Waals surface area contributed by atoms with Gasteiger partial charge < -0.3 is 9.51 Å². The van der Waals surface area contributed by atoms with Gasteiger partial charge in [-0.2, -0.15) is 0 Å². The van der Waals surface area contributed by atoms with E-state index >= 15 is 0 Å². The molecule has 0 bridgehead atoms. The highest BCUT2D eigenvalue weighted by molar-refractivity contribution is 6.30. The van der Waals surface area contributed by atoms with Crippen molar-refractivity contribution in [3.8, 4) is 0 Å². The summed E-state index contributed by atoms with van der Waals surface area (Å²) in [5.41, 5.74) is 1.95. The summed E-state index contributed by atoms with van der Waals surface area (Å²) in [5.74, 6) is 0. The highest BCUT2D eigenvalue weighted by Gasteiger charge is 2.06. The second kappa shape index (κ2) is 4.82. The molecule has 0 aliphatic rings. The minimum Gasteiger partial charge on any atom is -0.395 e. The number of aliphatic hydroxyl groups excluding tert-OH is 1. The first-order chi connectivity index (χ1) is 7.70. The van der Waals surface area contributed by atoms with Crippen LogP contribution in [0.4, 0.5) is 0 Å². The van der Waals surface area contributed by atoms with Crippen molar-refractivity contribution < 1.29 is 5.11 Å². The minimum atomic E-state index is 0.161. The molecule has 0 aromatic carbocycles. The lowest BCUT2D eigenvalue weighted by Crippen LogP contribution is -2.22. The molecule has 2 heterocycles. The Bertz CT molecular complexity index is 483. The topological polar surface area (TPSA) is 40.8 Å². The molecule has 0 fully saturated rings. The van der Waals surface area contributed by atoms with Crippen molar-refractivity contribution in [2.24, 2.45) is 0 Å². The summed E-state index contributed by atoms with van der Waals surface area (Å²) < 4.78 is 1.97. The molecule has 4 nitrogen and oxygen atoms in total. The van der Waals surface area contributed by atoms with Gasteiger partial charge in [0.15, 0.2) is 0 Å². The summed E-state index contributed by atoms with van der Waals surface area (Å²) in [5, 5.41) is 9.53. The van der Waals surface area contributed by atoms with Gasteiger partial charge in [0.1, 0.15) is 5.65 Å². The zero-order valence-electron chi connectivity index (χ0n) is 9.10. The smallest absolute Gasteiger partial charge is 0.137 e. The zero-order valence-corrected chi connectivity index (χ0v) is 9.85. The molecule has 86 valence electrons. The van der Waals surface area contributed by atoms with E-state index in [1.165, 1.54) is 0 Å². The van der Waals surface area contributed by atoms with Crippen LogP contribution < -0.4 is 0 Å². The van der Waals surface area contributed by atoms with Crippen LogP contribution in [-0.2, 0) is 6.54 Å². The summed E-state index contributed by atoms with van der Waals surface area (Å²) >= 11 is 5.94. The van der Waals surface area contributed by atoms with Crippen molar-refractivity contribution in [2.75, 3.05) is 20.2 Å². The number of likely N-dealkylation sites (N-methyl/N-ethyl adjacent to an activating group) is 1. The van der Waals surface area contributed by atoms with E-state index in [1.54, 1.807) is 0 Å². The van der Waals surface area contributed by atoms with Gasteiger partial charge in [0.2, 0.25) is 0 Å². The number of imidazole rings is 1. The number of aliphatic hydroxyl groups is 1. The van der Waals surface area contributed by atoms with Gasteiger partial charge in [-0.1, -0.05) is 11.6 Å². The van der Waals surface area contributed by atoms with Crippen LogP contribution in [0, 0.1) is 0 Å². The number of rotatable bonds is 4. The Labute approximate surface area is 99.1 Å². The van der Waals surface area contributed by atoms with Crippen LogP contribution in [0.2, 0.25) is 5.02 Å². The third-order valence-electron chi connectivity index (χ3n) is 2.46. The fourth-order valence-corrected chi connectivity index (χ4v) is 1.81. The molecule has 2 rings (SSSR count). The lowest BCUT2D eigenvalue weighted by Gasteiger charge is -2.14. The van der Waals surface area contributed by atoms with Crippen LogP contribution in [0.3, 0.4) is 0 Å². The Morgan fingerprint density at radius 3 is 3.06 bits per heavy atom. The molecule has 0 atom stereocenters. The molecule has 0 aliphatic heterocycles. The van der Waals surface area contributed by atoms with E-state index in [4.69, 9.17) is 16.7 Å². The number of fused-ring (bicyclic) bond motifs is 1. The van der Waals surface area contributed by atoms with Crippen molar-refractivity contribution >= 4 is 17.2 Å². The van der Waals surface area contributed by atoms with Gasteiger partial charge in [0.05, 0.1) is 23.5 Å². The monoisotopic (exact) mass is 239 g/mol. The lowest BCUT2D eigenvalue weighted by molar-refractivity contribution is 0.216. The SMILES string of the molecule is CN(CCO)Cc1cnc2ccc(Cl)cn12. The van der Waals surface area contributed by atoms with Crippen LogP contribution in [0.5, 0.6) is 0 Å². The Kier molecular flexibility index (Phi) is 3.43. The molecule has 16 heavy (non-hydrogen) atoms. The Balaban J connectivity index is 2.27. The molecule has 0 amide bonds. The molecule has 0 saturated heterocycles. The maximum absolute atomic E-state index is 8.84. The van der Waals surface area contributed by atoms with E-state index in [-0.39, 0.29) is 6.61 Å². The summed E-state index contributed by atoms with van der Waals surface area (Å²) in [6, 6.07) is 3.71. The first kappa shape index (κ1) is 11.4. The first-order valence-corrected chi connectivity index (χ1v) is 5.49. The van der Waals surface area contributed by atoms with E-state index in [2.05, 4.69) is 4.98 Å². The molecule has 0 spiro atoms. The second-order valence-electron chi connectivity index (χ2n) is 3.79. The van der Waals surface area contributed by atoms with Gasteiger partial charge in [-0.15, -0.1) is 0 Å². The van der Waals surface area contributed by atoms with Crippen molar-refractivity contribution in [3.63, 3.8) is 0 Å². The Morgan fingerprint density at radius 2 is 2.31 bits per heavy atom. The third-order valence-corrected chi connectivity index (χ3v) is 2.68. The van der Waals surface area contributed by atoms with Crippen LogP contribution >= 0.6 is 11.6 Å². The Morgan fingerprint density at radius 1 is 1.50 bits per heavy atom. The van der Waals surface area contributed by atoms with Crippen LogP contribution in [0.1, 0.15) is 5.69 Å². The van der Waals surface area contributed by atoms with E-state index < -0.39 is 0 Å². The highest BCUT2D eigenvalue weighted by atomic mass is 35.5. The largest absolute Gasteiger partial charge is 0.395 e. The van der Waals surface area contributed by atoms with E-state index in [0.29, 0.717) is 11.6 Å². The fraction of sp³-hybridized carbons (Fsp3) is 0.364. The Hall–Kier alpha value is -1.10. The standard InChI is InChI=1S/C11H14ClN3O/c1-14(4-5-16)8-10-6-13-11-3-2-9(12)7-15(10)11/h2-3,6-7,16H,4-5,8H2,1H3. The molecule has 0 unspecified atom stereocenters. The molecule has 1 N–H and O–H groups in total. The summed E-state index contributed by atoms with van der Waals surface area (Å²) in [6.07, 6.45) is 3.69. The number of hydrogen-bond acceptors (Lipinski definition) is 3. The predicted molar refractivity (Wildman–Crippen MR) is 63.6 cm³/mol. The van der Waals surface area contributed by atoms with E-state index in [9.17, 15) is 0 Å². The van der Waals surface area contributed by atoms with Gasteiger partial charge in [0, 0.05) is 19.3 Å². The minimum absolute atomic E-state index is 0.161. The van der Waals surface area contributed by atoms with Crippen LogP contribution in [0.25, 0.3) is 5.65 Å². The number of hydrogen-bond donors (Lipinski definition) is 1. The molecule has 0 aliphatic carbocycles. The van der Waals surface area contributed by atoms with Crippen molar-refractivity contribution in [1.82, 2.24) is 14.3 Å². The number of nitrogens with zero attached hydrogens (tertiary/aromatic N) is 3. The average molecular weight is 240 g/mol. The average Bonchev–Trinajstić information content (AvgIpc) is 2.61. The lowest BCUT2D eigenvalue weighted by atomic mass is 10.4. The molecular formula is C11H14ClN3O. The molecule has 2 aromatic heterocycles. The number of halogens is 1. The highest BCUT2D eigenvalue weighted by Crippen LogP contribution is 2.13. The van der Waals surface area contributed by atoms with Crippen molar-refractivity contribution in [1.29, 1.82) is 0 Å². The number of pyridine rings is 1. The molecule has 5 heteroatoms. The number of aromatic nitrogens is 2. The van der Waals surface area contributed by atoms with E-state index in [0.717, 1.165) is 17.9 Å². The van der Waals surface area contributed by atoms with Crippen LogP contribution in [-0.4, -0.2) is 39.6 Å². The van der Waals surface area contributed by atoms with Crippen LogP contribution in [0.15, 0.2) is 24.5 Å². The molecular weight excluding hydrogens is 226 g/mol. The summed E-state index contributed by atoms with van der Waals surface area (Å²) in [6.45, 7) is 1.55. The third kappa shape index (κ3) is 2.35. The van der Waals surface area contributed by atoms with Crippen molar-refractivity contribution in [2.45, 2.75) is 6.54 Å². The summed E-state index contributed by atoms with van der Waals surface area (Å²) in [7, 11) is 1.96. The van der Waals surface area contributed by atoms with Gasteiger partial charge >= 0.3 is 0 Å².